The normalized spacial score (nSPS) is 11.1. The van der Waals surface area contributed by atoms with Gasteiger partial charge in [0.15, 0.2) is 0 Å². The van der Waals surface area contributed by atoms with E-state index in [1.807, 2.05) is 12.5 Å². The number of nitrogen functional groups attached to an aromatic ring is 1. The van der Waals surface area contributed by atoms with Crippen LogP contribution in [0.1, 0.15) is 25.6 Å². The van der Waals surface area contributed by atoms with E-state index in [9.17, 15) is 0 Å². The fourth-order valence-electron chi connectivity index (χ4n) is 1.55. The Kier molecular flexibility index (Phi) is 2.45. The molecule has 0 fully saturated rings. The Labute approximate surface area is 88.5 Å². The minimum atomic E-state index is 0.402. The molecule has 0 radical (unpaired) electrons. The maximum absolute atomic E-state index is 5.75. The van der Waals surface area contributed by atoms with Crippen molar-refractivity contribution in [2.24, 2.45) is 0 Å². The van der Waals surface area contributed by atoms with Crippen molar-refractivity contribution in [3.05, 3.63) is 30.5 Å². The van der Waals surface area contributed by atoms with E-state index in [4.69, 9.17) is 5.73 Å². The molecule has 15 heavy (non-hydrogen) atoms. The summed E-state index contributed by atoms with van der Waals surface area (Å²) in [4.78, 5) is 4.13. The average molecular weight is 205 g/mol. The van der Waals surface area contributed by atoms with Crippen molar-refractivity contribution >= 4 is 5.82 Å². The summed E-state index contributed by atoms with van der Waals surface area (Å²) in [6.07, 6.45) is 5.38. The molecule has 0 saturated heterocycles. The van der Waals surface area contributed by atoms with Crippen molar-refractivity contribution in [2.45, 2.75) is 26.4 Å². The molecule has 0 amide bonds. The van der Waals surface area contributed by atoms with Gasteiger partial charge in [0.25, 0.3) is 0 Å². The molecule has 0 bridgehead atoms. The van der Waals surface area contributed by atoms with Gasteiger partial charge in [-0.25, -0.2) is 9.67 Å². The second-order valence-corrected chi connectivity index (χ2v) is 3.80. The van der Waals surface area contributed by atoms with Crippen LogP contribution in [0.4, 0.5) is 5.82 Å². The molecule has 2 N–H and O–H groups in total. The third kappa shape index (κ3) is 1.86. The summed E-state index contributed by atoms with van der Waals surface area (Å²) < 4.78 is 3.87. The summed E-state index contributed by atoms with van der Waals surface area (Å²) >= 11 is 0. The van der Waals surface area contributed by atoms with Crippen molar-refractivity contribution in [1.29, 1.82) is 0 Å². The summed E-state index contributed by atoms with van der Waals surface area (Å²) in [5.74, 6) is 0.673. The van der Waals surface area contributed by atoms with Crippen LogP contribution in [0.3, 0.4) is 0 Å². The Bertz CT molecular complexity index is 440. The lowest BCUT2D eigenvalue weighted by Crippen LogP contribution is -2.11. The van der Waals surface area contributed by atoms with Gasteiger partial charge in [-0.15, -0.1) is 0 Å². The average Bonchev–Trinajstić information content (AvgIpc) is 2.77. The third-order valence-corrected chi connectivity index (χ3v) is 2.36. The van der Waals surface area contributed by atoms with Crippen molar-refractivity contribution in [1.82, 2.24) is 19.3 Å². The molecule has 2 aromatic heterocycles. The molecule has 0 atom stereocenters. The number of rotatable bonds is 3. The highest BCUT2D eigenvalue weighted by Crippen LogP contribution is 2.11. The zero-order chi connectivity index (χ0) is 10.8. The van der Waals surface area contributed by atoms with Gasteiger partial charge in [0.05, 0.1) is 31.0 Å². The fourth-order valence-corrected chi connectivity index (χ4v) is 1.55. The minimum Gasteiger partial charge on any atom is -0.384 e. The first kappa shape index (κ1) is 9.76. The zero-order valence-corrected chi connectivity index (χ0v) is 8.96. The first-order chi connectivity index (χ1) is 7.18. The number of nitrogens with zero attached hydrogens (tertiary/aromatic N) is 4. The lowest BCUT2D eigenvalue weighted by Gasteiger charge is -2.12. The van der Waals surface area contributed by atoms with Crippen LogP contribution < -0.4 is 5.73 Å². The Hall–Kier alpha value is -1.78. The summed E-state index contributed by atoms with van der Waals surface area (Å²) in [6, 6.07) is 2.19. The summed E-state index contributed by atoms with van der Waals surface area (Å²) in [7, 11) is 0. The van der Waals surface area contributed by atoms with Gasteiger partial charge >= 0.3 is 0 Å². The molecule has 0 aliphatic heterocycles. The molecule has 0 spiro atoms. The number of imidazole rings is 1. The number of anilines is 1. The van der Waals surface area contributed by atoms with Crippen LogP contribution in [0.2, 0.25) is 0 Å². The lowest BCUT2D eigenvalue weighted by molar-refractivity contribution is 0.550. The molecular weight excluding hydrogens is 190 g/mol. The van der Waals surface area contributed by atoms with Gasteiger partial charge in [-0.1, -0.05) is 0 Å². The van der Waals surface area contributed by atoms with Gasteiger partial charge in [-0.3, -0.25) is 0 Å². The van der Waals surface area contributed by atoms with E-state index < -0.39 is 0 Å². The molecule has 0 aliphatic carbocycles. The first-order valence-electron chi connectivity index (χ1n) is 4.96. The Morgan fingerprint density at radius 2 is 2.27 bits per heavy atom. The van der Waals surface area contributed by atoms with E-state index in [2.05, 4.69) is 28.5 Å². The predicted octanol–water partition coefficient (Wildman–Crippen LogP) is 1.29. The maximum Gasteiger partial charge on any atom is 0.122 e. The van der Waals surface area contributed by atoms with Crippen LogP contribution in [0.15, 0.2) is 24.8 Å². The highest BCUT2D eigenvalue weighted by atomic mass is 15.3. The van der Waals surface area contributed by atoms with E-state index in [0.29, 0.717) is 18.4 Å². The minimum absolute atomic E-state index is 0.402. The Morgan fingerprint density at radius 3 is 2.87 bits per heavy atom. The van der Waals surface area contributed by atoms with E-state index >= 15 is 0 Å². The Morgan fingerprint density at radius 1 is 1.47 bits per heavy atom. The van der Waals surface area contributed by atoms with Crippen LogP contribution in [-0.2, 0) is 6.54 Å². The first-order valence-corrected chi connectivity index (χ1v) is 4.96. The molecule has 5 heteroatoms. The smallest absolute Gasteiger partial charge is 0.122 e. The van der Waals surface area contributed by atoms with E-state index in [-0.39, 0.29) is 0 Å². The van der Waals surface area contributed by atoms with Crippen LogP contribution in [-0.4, -0.2) is 19.3 Å². The molecular formula is C10H15N5. The van der Waals surface area contributed by atoms with Crippen molar-refractivity contribution < 1.29 is 0 Å². The number of aromatic nitrogens is 4. The third-order valence-electron chi connectivity index (χ3n) is 2.36. The molecule has 0 saturated carbocycles. The topological polar surface area (TPSA) is 61.7 Å². The van der Waals surface area contributed by atoms with Crippen LogP contribution in [0.5, 0.6) is 0 Å². The quantitative estimate of drug-likeness (QED) is 0.821. The molecule has 2 aromatic rings. The molecule has 0 aromatic carbocycles. The van der Waals surface area contributed by atoms with Crippen molar-refractivity contribution in [3.8, 4) is 0 Å². The van der Waals surface area contributed by atoms with Crippen LogP contribution >= 0.6 is 0 Å². The predicted molar refractivity (Wildman–Crippen MR) is 58.4 cm³/mol. The SMILES string of the molecule is CC(C)n1cncc1Cn1nccc1N. The van der Waals surface area contributed by atoms with Gasteiger partial charge in [-0.05, 0) is 19.9 Å². The lowest BCUT2D eigenvalue weighted by atomic mass is 10.3. The van der Waals surface area contributed by atoms with E-state index in [0.717, 1.165) is 5.69 Å². The molecule has 0 aliphatic rings. The Balaban J connectivity index is 2.25. The molecule has 2 rings (SSSR count). The second kappa shape index (κ2) is 3.76. The van der Waals surface area contributed by atoms with Crippen molar-refractivity contribution in [2.75, 3.05) is 5.73 Å². The summed E-state index contributed by atoms with van der Waals surface area (Å²) in [6.45, 7) is 4.91. The summed E-state index contributed by atoms with van der Waals surface area (Å²) in [5.41, 5.74) is 6.87. The highest BCUT2D eigenvalue weighted by molar-refractivity contribution is 5.26. The molecule has 0 unspecified atom stereocenters. The zero-order valence-electron chi connectivity index (χ0n) is 8.96. The number of nitrogens with two attached hydrogens (primary N) is 1. The highest BCUT2D eigenvalue weighted by Gasteiger charge is 2.07. The fraction of sp³-hybridized carbons (Fsp3) is 0.400. The number of hydrogen-bond acceptors (Lipinski definition) is 3. The van der Waals surface area contributed by atoms with Gasteiger partial charge in [0.2, 0.25) is 0 Å². The van der Waals surface area contributed by atoms with Crippen LogP contribution in [0, 0.1) is 0 Å². The monoisotopic (exact) mass is 205 g/mol. The van der Waals surface area contributed by atoms with Gasteiger partial charge in [0, 0.05) is 6.04 Å². The van der Waals surface area contributed by atoms with Crippen molar-refractivity contribution in [3.63, 3.8) is 0 Å². The van der Waals surface area contributed by atoms with Crippen LogP contribution in [0.25, 0.3) is 0 Å². The molecule has 5 nitrogen and oxygen atoms in total. The van der Waals surface area contributed by atoms with Gasteiger partial charge < -0.3 is 10.3 Å². The number of hydrogen-bond donors (Lipinski definition) is 1. The standard InChI is InChI=1S/C10H15N5/c1-8(2)14-7-12-5-9(14)6-15-10(11)3-4-13-15/h3-5,7-8H,6,11H2,1-2H3. The van der Waals surface area contributed by atoms with Gasteiger partial charge in [-0.2, -0.15) is 5.10 Å². The van der Waals surface area contributed by atoms with E-state index in [1.54, 1.807) is 16.9 Å². The van der Waals surface area contributed by atoms with Gasteiger partial charge in [0.1, 0.15) is 5.82 Å². The largest absolute Gasteiger partial charge is 0.384 e. The second-order valence-electron chi connectivity index (χ2n) is 3.80. The molecule has 2 heterocycles. The maximum atomic E-state index is 5.75. The summed E-state index contributed by atoms with van der Waals surface area (Å²) in [5, 5.41) is 4.14. The van der Waals surface area contributed by atoms with E-state index in [1.165, 1.54) is 0 Å². The molecule has 80 valence electrons.